The summed E-state index contributed by atoms with van der Waals surface area (Å²) in [5.74, 6) is 0. The Hall–Kier alpha value is 1.96. The summed E-state index contributed by atoms with van der Waals surface area (Å²) < 4.78 is 0. The third kappa shape index (κ3) is 24.3. The third-order valence-electron chi connectivity index (χ3n) is 0. The van der Waals surface area contributed by atoms with Crippen molar-refractivity contribution < 1.29 is 14.1 Å². The molecule has 0 aliphatic rings. The Morgan fingerprint density at radius 3 is 0.600 bits per heavy atom. The number of halogens is 3. The quantitative estimate of drug-likeness (QED) is 0.281. The number of hydrogen-bond donors (Lipinski definition) is 0. The summed E-state index contributed by atoms with van der Waals surface area (Å²) in [6.07, 6.45) is 0. The van der Waals surface area contributed by atoms with Crippen LogP contribution in [0.2, 0.25) is 0 Å². The van der Waals surface area contributed by atoms with E-state index in [1.165, 1.54) is 0 Å². The van der Waals surface area contributed by atoms with E-state index < -0.39 is 0 Å². The topological polar surface area (TPSA) is 0 Å². The summed E-state index contributed by atoms with van der Waals surface area (Å²) in [6, 6.07) is 0. The van der Waals surface area contributed by atoms with E-state index in [0.717, 1.165) is 0 Å². The van der Waals surface area contributed by atoms with Crippen LogP contribution < -0.4 is 14.1 Å². The van der Waals surface area contributed by atoms with Gasteiger partial charge >= 0.3 is 68.7 Å². The zero-order valence-corrected chi connectivity index (χ0v) is 2.87. The van der Waals surface area contributed by atoms with Gasteiger partial charge in [0, 0.05) is 0 Å². The second kappa shape index (κ2) is 38.2. The minimum absolute atomic E-state index is 0. The molecule has 0 aromatic heterocycles. The van der Waals surface area contributed by atoms with Crippen molar-refractivity contribution in [1.82, 2.24) is 0 Å². The molecule has 0 saturated carbocycles. The van der Waals surface area contributed by atoms with Gasteiger partial charge in [-0.25, -0.2) is 0 Å². The zero-order valence-electron chi connectivity index (χ0n) is 1.71. The molecule has 0 atom stereocenters. The van der Waals surface area contributed by atoms with Crippen LogP contribution >= 0.6 is 0 Å². The molecule has 0 aliphatic carbocycles. The Morgan fingerprint density at radius 1 is 0.600 bits per heavy atom. The van der Waals surface area contributed by atoms with Crippen molar-refractivity contribution in [2.45, 2.75) is 0 Å². The van der Waals surface area contributed by atoms with E-state index in [-0.39, 0.29) is 82.9 Å². The van der Waals surface area contributed by atoms with Crippen LogP contribution in [-0.2, 0) is 0 Å². The molecule has 0 N–H and O–H groups in total. The first-order chi connectivity index (χ1) is 0. The first-order valence-corrected chi connectivity index (χ1v) is 0. The van der Waals surface area contributed by atoms with Crippen LogP contribution in [0, 0.1) is 0 Å². The summed E-state index contributed by atoms with van der Waals surface area (Å²) in [5, 5.41) is 0. The summed E-state index contributed by atoms with van der Waals surface area (Å²) in [6.45, 7) is 0. The van der Waals surface area contributed by atoms with Gasteiger partial charge in [0.2, 0.25) is 0 Å². The number of hydrogen-bond acceptors (Lipinski definition) is 0. The Labute approximate surface area is 81.4 Å². The molecule has 0 bridgehead atoms. The summed E-state index contributed by atoms with van der Waals surface area (Å²) in [5.41, 5.74) is 0. The maximum atomic E-state index is 0. The van der Waals surface area contributed by atoms with E-state index in [0.29, 0.717) is 0 Å². The van der Waals surface area contributed by atoms with Crippen molar-refractivity contribution in [2.24, 2.45) is 0 Å². The van der Waals surface area contributed by atoms with Gasteiger partial charge in [-0.1, -0.05) is 0 Å². The third-order valence-corrected chi connectivity index (χ3v) is 0. The summed E-state index contributed by atoms with van der Waals surface area (Å²) >= 11 is 0. The molecule has 0 spiro atoms. The Bertz CT molecular complexity index is 6.85. The second-order valence-electron chi connectivity index (χ2n) is 0. The van der Waals surface area contributed by atoms with E-state index in [2.05, 4.69) is 0 Å². The molecular weight excluding hydrogens is 123 g/mol. The van der Waals surface area contributed by atoms with Gasteiger partial charge in [0.05, 0.1) is 0 Å². The molecule has 0 aromatic carbocycles. The van der Waals surface area contributed by atoms with Crippen LogP contribution in [0.25, 0.3) is 0 Å². The van der Waals surface area contributed by atoms with Gasteiger partial charge in [-0.15, -0.1) is 0 Å². The summed E-state index contributed by atoms with van der Waals surface area (Å²) in [4.78, 5) is 0. The molecule has 0 aliphatic heterocycles. The van der Waals surface area contributed by atoms with Crippen LogP contribution in [0.5, 0.6) is 0 Å². The fourth-order valence-electron chi connectivity index (χ4n) is 0. The van der Waals surface area contributed by atoms with Crippen LogP contribution in [0.4, 0.5) is 0 Å². The van der Waals surface area contributed by atoms with Crippen LogP contribution in [-0.4, -0.2) is 68.7 Å². The van der Waals surface area contributed by atoms with Gasteiger partial charge in [-0.3, -0.25) is 0 Å². The van der Waals surface area contributed by atoms with Gasteiger partial charge in [-0.05, 0) is 0 Å². The van der Waals surface area contributed by atoms with Crippen LogP contribution in [0.15, 0.2) is 0 Å². The van der Waals surface area contributed by atoms with Gasteiger partial charge in [0.1, 0.15) is 0 Å². The van der Waals surface area contributed by atoms with Crippen molar-refractivity contribution in [1.29, 1.82) is 0 Å². The van der Waals surface area contributed by atoms with Crippen LogP contribution in [0.1, 0.15) is 0 Å². The minimum atomic E-state index is 0. The Kier molecular flexibility index (Phi) is 492. The van der Waals surface area contributed by atoms with Gasteiger partial charge in [0.25, 0.3) is 0 Å². The molecule has 0 rings (SSSR count). The van der Waals surface area contributed by atoms with Crippen molar-refractivity contribution in [2.75, 3.05) is 0 Å². The molecule has 0 radical (unpaired) electrons. The molecule has 5 heavy (non-hydrogen) atoms. The van der Waals surface area contributed by atoms with E-state index in [4.69, 9.17) is 0 Å². The molecule has 0 heterocycles. The molecule has 26 valence electrons. The standard InChI is InChI=1S/Al.3FH.K.H/h;3*1H;;/q+3;;;;;/p-3. The summed E-state index contributed by atoms with van der Waals surface area (Å²) in [7, 11) is 0. The normalized spacial score (nSPS) is 0. The fourth-order valence-corrected chi connectivity index (χ4v) is 0. The molecule has 0 unspecified atom stereocenters. The van der Waals surface area contributed by atoms with Gasteiger partial charge in [-0.2, -0.15) is 0 Å². The predicted molar refractivity (Wildman–Crippen MR) is 12.9 cm³/mol. The average Bonchev–Trinajstić information content (AvgIpc) is 0. The van der Waals surface area contributed by atoms with Gasteiger partial charge in [0.15, 0.2) is 0 Å². The van der Waals surface area contributed by atoms with Crippen LogP contribution in [0.3, 0.4) is 0 Å². The van der Waals surface area contributed by atoms with E-state index in [1.54, 1.807) is 0 Å². The van der Waals surface area contributed by atoms with E-state index in [1.807, 2.05) is 0 Å². The fraction of sp³-hybridized carbons (Fsp3) is 0. The Balaban J connectivity index is 0. The average molecular weight is 124 g/mol. The first kappa shape index (κ1) is 64.4. The maximum absolute atomic E-state index is 0. The zero-order chi connectivity index (χ0) is 0. The van der Waals surface area contributed by atoms with Crippen molar-refractivity contribution in [3.63, 3.8) is 0 Å². The van der Waals surface area contributed by atoms with Crippen molar-refractivity contribution in [3.05, 3.63) is 0 Å². The molecule has 0 saturated heterocycles. The van der Waals surface area contributed by atoms with Crippen molar-refractivity contribution in [3.8, 4) is 0 Å². The Morgan fingerprint density at radius 2 is 0.600 bits per heavy atom. The molecule has 0 fully saturated rings. The molecular formula is HAlF3K. The molecule has 5 heteroatoms. The van der Waals surface area contributed by atoms with Gasteiger partial charge < -0.3 is 14.1 Å². The van der Waals surface area contributed by atoms with E-state index in [9.17, 15) is 0 Å². The predicted octanol–water partition coefficient (Wildman–Crippen LogP) is -10.0. The first-order valence-electron chi connectivity index (χ1n) is 0. The monoisotopic (exact) mass is 124 g/mol. The molecule has 0 amide bonds. The van der Waals surface area contributed by atoms with E-state index >= 15 is 0 Å². The molecule has 0 nitrogen and oxygen atoms in total. The number of rotatable bonds is 0. The van der Waals surface area contributed by atoms with Crippen molar-refractivity contribution >= 4 is 68.7 Å². The SMILES string of the molecule is [Al+3].[F-].[F-].[F-].[KH]. The molecule has 0 aromatic rings. The second-order valence-corrected chi connectivity index (χ2v) is 0.